The van der Waals surface area contributed by atoms with E-state index in [2.05, 4.69) is 9.97 Å². The van der Waals surface area contributed by atoms with Gasteiger partial charge in [0.15, 0.2) is 0 Å². The fraction of sp³-hybridized carbons (Fsp3) is 0.353. The second kappa shape index (κ2) is 6.92. The number of nitrogens with zero attached hydrogens (tertiary/aromatic N) is 3. The van der Waals surface area contributed by atoms with Crippen molar-refractivity contribution in [3.8, 4) is 11.1 Å². The van der Waals surface area contributed by atoms with Gasteiger partial charge in [-0.15, -0.1) is 0 Å². The summed E-state index contributed by atoms with van der Waals surface area (Å²) < 4.78 is 13.2. The van der Waals surface area contributed by atoms with Crippen molar-refractivity contribution < 1.29 is 9.18 Å². The third-order valence-corrected chi connectivity index (χ3v) is 4.31. The number of aromatic nitrogens is 2. The molecule has 1 fully saturated rings. The molecular formula is C17H20FN5O. The van der Waals surface area contributed by atoms with Crippen molar-refractivity contribution in [1.29, 1.82) is 0 Å². The maximum absolute atomic E-state index is 13.2. The first-order valence-electron chi connectivity index (χ1n) is 7.98. The summed E-state index contributed by atoms with van der Waals surface area (Å²) in [5.74, 6) is -0.266. The highest BCUT2D eigenvalue weighted by molar-refractivity contribution is 5.79. The van der Waals surface area contributed by atoms with Gasteiger partial charge >= 0.3 is 0 Å². The highest BCUT2D eigenvalue weighted by Gasteiger charge is 2.30. The maximum Gasteiger partial charge on any atom is 0.236 e. The Morgan fingerprint density at radius 2 is 2.04 bits per heavy atom. The molecule has 3 rings (SSSR count). The molecule has 1 saturated heterocycles. The zero-order valence-electron chi connectivity index (χ0n) is 13.3. The lowest BCUT2D eigenvalue weighted by atomic mass is 9.93. The van der Waals surface area contributed by atoms with E-state index in [4.69, 9.17) is 11.5 Å². The lowest BCUT2D eigenvalue weighted by molar-refractivity contribution is -0.133. The van der Waals surface area contributed by atoms with E-state index in [0.29, 0.717) is 12.2 Å². The van der Waals surface area contributed by atoms with E-state index in [1.54, 1.807) is 23.2 Å². The van der Waals surface area contributed by atoms with Crippen LogP contribution in [-0.4, -0.2) is 33.9 Å². The van der Waals surface area contributed by atoms with Gasteiger partial charge < -0.3 is 16.4 Å². The number of hydrogen-bond donors (Lipinski definition) is 2. The molecule has 7 heteroatoms. The van der Waals surface area contributed by atoms with Crippen molar-refractivity contribution in [3.63, 3.8) is 0 Å². The van der Waals surface area contributed by atoms with E-state index in [9.17, 15) is 9.18 Å². The number of hydrogen-bond acceptors (Lipinski definition) is 5. The van der Waals surface area contributed by atoms with Crippen LogP contribution in [0.5, 0.6) is 0 Å². The summed E-state index contributed by atoms with van der Waals surface area (Å²) in [7, 11) is 0. The molecule has 0 saturated carbocycles. The normalized spacial score (nSPS) is 17.8. The highest BCUT2D eigenvalue weighted by atomic mass is 19.1. The van der Waals surface area contributed by atoms with Crippen LogP contribution in [0.3, 0.4) is 0 Å². The molecule has 0 spiro atoms. The number of carbonyl (C=O) groups excluding carboxylic acids is 1. The summed E-state index contributed by atoms with van der Waals surface area (Å²) in [5.41, 5.74) is 13.6. The van der Waals surface area contributed by atoms with Crippen molar-refractivity contribution in [2.24, 2.45) is 5.73 Å². The molecule has 6 nitrogen and oxygen atoms in total. The summed E-state index contributed by atoms with van der Waals surface area (Å²) in [6.07, 6.45) is 4.35. The SMILES string of the molecule is NCC(=O)N1CCCCC1c1nc(N)ncc1-c1ccc(F)cc1. The molecule has 24 heavy (non-hydrogen) atoms. The Balaban J connectivity index is 2.06. The van der Waals surface area contributed by atoms with Crippen LogP contribution in [-0.2, 0) is 4.79 Å². The van der Waals surface area contributed by atoms with Crippen molar-refractivity contribution in [2.45, 2.75) is 25.3 Å². The fourth-order valence-electron chi connectivity index (χ4n) is 3.15. The van der Waals surface area contributed by atoms with Crippen LogP contribution in [0, 0.1) is 5.82 Å². The number of halogens is 1. The molecule has 1 aliphatic rings. The van der Waals surface area contributed by atoms with Crippen molar-refractivity contribution in [1.82, 2.24) is 14.9 Å². The maximum atomic E-state index is 13.2. The number of nitrogen functional groups attached to an aromatic ring is 1. The van der Waals surface area contributed by atoms with E-state index in [1.165, 1.54) is 12.1 Å². The number of nitrogens with two attached hydrogens (primary N) is 2. The Hall–Kier alpha value is -2.54. The number of piperidine rings is 1. The summed E-state index contributed by atoms with van der Waals surface area (Å²) in [4.78, 5) is 22.4. The molecule has 0 radical (unpaired) electrons. The quantitative estimate of drug-likeness (QED) is 0.896. The molecule has 126 valence electrons. The number of carbonyl (C=O) groups is 1. The number of likely N-dealkylation sites (tertiary alicyclic amines) is 1. The number of anilines is 1. The molecule has 1 unspecified atom stereocenters. The van der Waals surface area contributed by atoms with Crippen LogP contribution in [0.2, 0.25) is 0 Å². The Kier molecular flexibility index (Phi) is 4.71. The van der Waals surface area contributed by atoms with Gasteiger partial charge in [-0.1, -0.05) is 12.1 Å². The van der Waals surface area contributed by atoms with Gasteiger partial charge in [0.2, 0.25) is 11.9 Å². The molecule has 0 aliphatic carbocycles. The lowest BCUT2D eigenvalue weighted by Gasteiger charge is -2.36. The summed E-state index contributed by atoms with van der Waals surface area (Å²) in [6, 6.07) is 5.93. The Morgan fingerprint density at radius 3 is 2.75 bits per heavy atom. The number of rotatable bonds is 3. The molecular weight excluding hydrogens is 309 g/mol. The van der Waals surface area contributed by atoms with Gasteiger partial charge in [-0.05, 0) is 37.0 Å². The summed E-state index contributed by atoms with van der Waals surface area (Å²) in [5, 5.41) is 0. The average molecular weight is 329 g/mol. The molecule has 1 aliphatic heterocycles. The van der Waals surface area contributed by atoms with Gasteiger partial charge in [0.05, 0.1) is 18.3 Å². The van der Waals surface area contributed by atoms with Crippen molar-refractivity contribution in [3.05, 3.63) is 42.0 Å². The van der Waals surface area contributed by atoms with Crippen LogP contribution < -0.4 is 11.5 Å². The Bertz CT molecular complexity index is 734. The van der Waals surface area contributed by atoms with Crippen molar-refractivity contribution >= 4 is 11.9 Å². The van der Waals surface area contributed by atoms with Crippen LogP contribution in [0.15, 0.2) is 30.5 Å². The lowest BCUT2D eigenvalue weighted by Crippen LogP contribution is -2.42. The monoisotopic (exact) mass is 329 g/mol. The van der Waals surface area contributed by atoms with Gasteiger partial charge in [0, 0.05) is 18.3 Å². The predicted octanol–water partition coefficient (Wildman–Crippen LogP) is 1.88. The Labute approximate surface area is 139 Å². The van der Waals surface area contributed by atoms with Crippen LogP contribution in [0.4, 0.5) is 10.3 Å². The van der Waals surface area contributed by atoms with E-state index >= 15 is 0 Å². The molecule has 1 aromatic heterocycles. The van der Waals surface area contributed by atoms with Gasteiger partial charge in [-0.25, -0.2) is 14.4 Å². The van der Waals surface area contributed by atoms with Crippen molar-refractivity contribution in [2.75, 3.05) is 18.8 Å². The predicted molar refractivity (Wildman–Crippen MR) is 89.2 cm³/mol. The van der Waals surface area contributed by atoms with Gasteiger partial charge in [-0.3, -0.25) is 4.79 Å². The zero-order valence-corrected chi connectivity index (χ0v) is 13.3. The highest BCUT2D eigenvalue weighted by Crippen LogP contribution is 2.35. The minimum Gasteiger partial charge on any atom is -0.368 e. The first-order chi connectivity index (χ1) is 11.6. The number of benzene rings is 1. The molecule has 4 N–H and O–H groups in total. The third kappa shape index (κ3) is 3.21. The first-order valence-corrected chi connectivity index (χ1v) is 7.98. The second-order valence-corrected chi connectivity index (χ2v) is 5.84. The van der Waals surface area contributed by atoms with Gasteiger partial charge in [-0.2, -0.15) is 0 Å². The average Bonchev–Trinajstić information content (AvgIpc) is 2.62. The largest absolute Gasteiger partial charge is 0.368 e. The third-order valence-electron chi connectivity index (χ3n) is 4.31. The van der Waals surface area contributed by atoms with Gasteiger partial charge in [0.1, 0.15) is 5.82 Å². The molecule has 2 aromatic rings. The van der Waals surface area contributed by atoms with Gasteiger partial charge in [0.25, 0.3) is 0 Å². The minimum atomic E-state index is -0.311. The topological polar surface area (TPSA) is 98.1 Å². The van der Waals surface area contributed by atoms with E-state index in [0.717, 1.165) is 30.4 Å². The fourth-order valence-corrected chi connectivity index (χ4v) is 3.15. The zero-order chi connectivity index (χ0) is 17.1. The standard InChI is InChI=1S/C17H20FN5O/c18-12-6-4-11(5-7-12)13-10-21-17(20)22-16(13)14-3-1-2-8-23(14)15(24)9-19/h4-7,10,14H,1-3,8-9,19H2,(H2,20,21,22). The smallest absolute Gasteiger partial charge is 0.236 e. The van der Waals surface area contributed by atoms with Crippen LogP contribution in [0.25, 0.3) is 11.1 Å². The minimum absolute atomic E-state index is 0.0387. The molecule has 1 amide bonds. The number of amides is 1. The van der Waals surface area contributed by atoms with Crippen LogP contribution in [0.1, 0.15) is 31.0 Å². The van der Waals surface area contributed by atoms with Crippen LogP contribution >= 0.6 is 0 Å². The first kappa shape index (κ1) is 16.3. The van der Waals surface area contributed by atoms with E-state index in [-0.39, 0.29) is 30.3 Å². The molecule has 0 bridgehead atoms. The van der Waals surface area contributed by atoms with E-state index < -0.39 is 0 Å². The molecule has 1 aromatic carbocycles. The summed E-state index contributed by atoms with van der Waals surface area (Å²) >= 11 is 0. The summed E-state index contributed by atoms with van der Waals surface area (Å²) in [6.45, 7) is 0.608. The second-order valence-electron chi connectivity index (χ2n) is 5.84. The molecule has 2 heterocycles. The molecule has 1 atom stereocenters. The van der Waals surface area contributed by atoms with E-state index in [1.807, 2.05) is 0 Å². The Morgan fingerprint density at radius 1 is 1.29 bits per heavy atom.